The Labute approximate surface area is 126 Å². The first-order valence-electron chi connectivity index (χ1n) is 6.10. The Morgan fingerprint density at radius 3 is 2.30 bits per heavy atom. The number of hydrogen-bond acceptors (Lipinski definition) is 4. The number of ketones is 1. The van der Waals surface area contributed by atoms with Crippen LogP contribution < -0.4 is 22.4 Å². The van der Waals surface area contributed by atoms with Crippen LogP contribution in [0.3, 0.4) is 0 Å². The number of carboxylic acids is 1. The van der Waals surface area contributed by atoms with Crippen LogP contribution in [0.4, 0.5) is 5.69 Å². The van der Waals surface area contributed by atoms with Crippen LogP contribution in [0.25, 0.3) is 0 Å². The highest BCUT2D eigenvalue weighted by Gasteiger charge is 2.40. The summed E-state index contributed by atoms with van der Waals surface area (Å²) in [4.78, 5) is 23.6. The number of rotatable bonds is 4. The summed E-state index contributed by atoms with van der Waals surface area (Å²) in [5, 5.41) is 8.23. The molecule has 0 radical (unpaired) electrons. The highest BCUT2D eigenvalue weighted by molar-refractivity contribution is 6.58. The number of carbonyl (C=O) groups excluding carboxylic acids is 1. The topological polar surface area (TPSA) is 106 Å². The minimum Gasteiger partial charge on any atom is -0.480 e. The average molecular weight is 290 g/mol. The van der Waals surface area contributed by atoms with Crippen molar-refractivity contribution >= 4 is 71.4 Å². The second kappa shape index (κ2) is 5.58. The van der Waals surface area contributed by atoms with E-state index in [2.05, 4.69) is 0 Å². The summed E-state index contributed by atoms with van der Waals surface area (Å²) in [5.74, 6) is -1.64. The van der Waals surface area contributed by atoms with Crippen molar-refractivity contribution in [3.8, 4) is 0 Å². The highest BCUT2D eigenvalue weighted by atomic mass is 35.5. The van der Waals surface area contributed by atoms with Crippen molar-refractivity contribution in [1.82, 2.24) is 0 Å². The molecule has 5 nitrogen and oxygen atoms in total. The van der Waals surface area contributed by atoms with Crippen molar-refractivity contribution in [2.45, 2.75) is 11.3 Å². The van der Waals surface area contributed by atoms with Gasteiger partial charge in [-0.1, -0.05) is 23.1 Å². The maximum Gasteiger partial charge on any atom is 0.320 e. The van der Waals surface area contributed by atoms with Crippen molar-refractivity contribution in [1.29, 1.82) is 0 Å². The third kappa shape index (κ3) is 2.74. The molecule has 0 bridgehead atoms. The molecule has 5 N–H and O–H groups in total. The van der Waals surface area contributed by atoms with Crippen LogP contribution in [0.2, 0.25) is 10.2 Å². The van der Waals surface area contributed by atoms with Crippen LogP contribution in [0, 0.1) is 0 Å². The zero-order chi connectivity index (χ0) is 15.8. The van der Waals surface area contributed by atoms with Crippen LogP contribution in [0.1, 0.15) is 10.4 Å². The van der Waals surface area contributed by atoms with Crippen LogP contribution >= 0.6 is 11.6 Å². The van der Waals surface area contributed by atoms with E-state index in [-0.39, 0.29) is 11.3 Å². The third-order valence-electron chi connectivity index (χ3n) is 3.60. The summed E-state index contributed by atoms with van der Waals surface area (Å²) in [7, 11) is 6.46. The summed E-state index contributed by atoms with van der Waals surface area (Å²) in [6.45, 7) is 0. The zero-order valence-corrected chi connectivity index (χ0v) is 12.7. The van der Waals surface area contributed by atoms with Gasteiger partial charge in [-0.15, -0.1) is 0 Å². The summed E-state index contributed by atoms with van der Waals surface area (Å²) in [5.41, 5.74) is 13.4. The van der Waals surface area contributed by atoms with Gasteiger partial charge >= 0.3 is 5.97 Å². The Morgan fingerprint density at radius 1 is 1.35 bits per heavy atom. The molecular weight excluding hydrogens is 275 g/mol. The lowest BCUT2D eigenvalue weighted by Gasteiger charge is -2.28. The number of nitrogen functional groups attached to an aromatic ring is 1. The lowest BCUT2D eigenvalue weighted by Crippen LogP contribution is -2.48. The van der Waals surface area contributed by atoms with Crippen LogP contribution in [0.5, 0.6) is 0 Å². The van der Waals surface area contributed by atoms with Gasteiger partial charge in [0.1, 0.15) is 37.4 Å². The van der Waals surface area contributed by atoms with Gasteiger partial charge in [0.25, 0.3) is 0 Å². The van der Waals surface area contributed by atoms with Gasteiger partial charge in [0.2, 0.25) is 0 Å². The minimum atomic E-state index is -1.31. The lowest BCUT2D eigenvalue weighted by atomic mass is 9.47. The van der Waals surface area contributed by atoms with Crippen molar-refractivity contribution in [2.75, 3.05) is 5.73 Å². The largest absolute Gasteiger partial charge is 0.480 e. The standard InChI is InChI=1S/C10H15B4ClN2O3/c11-3-1-2(6(16)4(12)5(3)15)8(18)10(13,14)7(17)9(19)20/h1,7H,11-14,16-17H2,(H,19,20). The predicted molar refractivity (Wildman–Crippen MR) is 91.9 cm³/mol. The first-order chi connectivity index (χ1) is 9.01. The number of Topliss-reactive ketones (excluding diaryl/α,β-unsaturated/α-hetero) is 1. The van der Waals surface area contributed by atoms with E-state index in [9.17, 15) is 9.59 Å². The maximum absolute atomic E-state index is 12.6. The van der Waals surface area contributed by atoms with Crippen LogP contribution in [-0.2, 0) is 4.79 Å². The Morgan fingerprint density at radius 2 is 1.85 bits per heavy atom. The van der Waals surface area contributed by atoms with E-state index in [1.807, 2.05) is 0 Å². The maximum atomic E-state index is 12.6. The quantitative estimate of drug-likeness (QED) is 0.294. The number of carboxylic acid groups (broad SMARTS) is 1. The molecule has 0 fully saturated rings. The molecule has 1 rings (SSSR count). The van der Waals surface area contributed by atoms with Gasteiger partial charge in [0.15, 0.2) is 5.78 Å². The van der Waals surface area contributed by atoms with Gasteiger partial charge in [-0.25, -0.2) is 0 Å². The normalized spacial score (nSPS) is 12.9. The van der Waals surface area contributed by atoms with Gasteiger partial charge < -0.3 is 16.6 Å². The SMILES string of the molecule is Bc1cc(C(=O)C(B)(B)C(N)C(=O)O)c(N)c(B)c1Cl. The Bertz CT molecular complexity index is 594. The van der Waals surface area contributed by atoms with Crippen molar-refractivity contribution in [2.24, 2.45) is 5.73 Å². The molecule has 102 valence electrons. The number of nitrogens with two attached hydrogens (primary N) is 2. The molecule has 20 heavy (non-hydrogen) atoms. The number of benzene rings is 1. The summed E-state index contributed by atoms with van der Waals surface area (Å²) < 4.78 is 0. The molecule has 1 aromatic carbocycles. The number of halogens is 1. The Hall–Kier alpha value is -1.33. The Balaban J connectivity index is 3.39. The number of aliphatic carboxylic acids is 1. The highest BCUT2D eigenvalue weighted by Crippen LogP contribution is 2.28. The zero-order valence-electron chi connectivity index (χ0n) is 12.0. The second-order valence-corrected chi connectivity index (χ2v) is 5.84. The van der Waals surface area contributed by atoms with E-state index in [0.717, 1.165) is 0 Å². The molecule has 0 aliphatic carbocycles. The van der Waals surface area contributed by atoms with Crippen LogP contribution in [-0.4, -0.2) is 54.3 Å². The number of hydrogen-bond donors (Lipinski definition) is 3. The summed E-state index contributed by atoms with van der Waals surface area (Å²) in [6.07, 6.45) is 0. The molecule has 0 saturated carbocycles. The van der Waals surface area contributed by atoms with Crippen LogP contribution in [0.15, 0.2) is 6.07 Å². The fraction of sp³-hybridized carbons (Fsp3) is 0.200. The molecule has 0 aromatic heterocycles. The molecule has 1 aromatic rings. The van der Waals surface area contributed by atoms with Gasteiger partial charge in [0.05, 0.1) is 0 Å². The fourth-order valence-corrected chi connectivity index (χ4v) is 2.11. The fourth-order valence-electron chi connectivity index (χ4n) is 1.96. The first-order valence-corrected chi connectivity index (χ1v) is 6.48. The van der Waals surface area contributed by atoms with Gasteiger partial charge in [-0.3, -0.25) is 9.59 Å². The molecule has 0 aliphatic rings. The predicted octanol–water partition coefficient (Wildman–Crippen LogP) is -4.58. The van der Waals surface area contributed by atoms with E-state index < -0.39 is 23.0 Å². The molecule has 0 saturated heterocycles. The van der Waals surface area contributed by atoms with Crippen molar-refractivity contribution in [3.63, 3.8) is 0 Å². The molecule has 0 amide bonds. The van der Waals surface area contributed by atoms with E-state index in [0.29, 0.717) is 15.9 Å². The molecule has 0 spiro atoms. The van der Waals surface area contributed by atoms with Crippen molar-refractivity contribution < 1.29 is 14.7 Å². The summed E-state index contributed by atoms with van der Waals surface area (Å²) in [6, 6.07) is 0.259. The molecule has 1 unspecified atom stereocenters. The van der Waals surface area contributed by atoms with E-state index in [1.165, 1.54) is 15.7 Å². The number of anilines is 1. The number of carbonyl (C=O) groups is 2. The smallest absolute Gasteiger partial charge is 0.320 e. The van der Waals surface area contributed by atoms with E-state index in [4.69, 9.17) is 28.2 Å². The van der Waals surface area contributed by atoms with Gasteiger partial charge in [-0.2, -0.15) is 0 Å². The summed E-state index contributed by atoms with van der Waals surface area (Å²) >= 11 is 6.08. The minimum absolute atomic E-state index is 0.256. The average Bonchev–Trinajstić information content (AvgIpc) is 2.38. The molecule has 0 aliphatic heterocycles. The molecule has 1 atom stereocenters. The molecular formula is C10H15B4ClN2O3. The van der Waals surface area contributed by atoms with Crippen molar-refractivity contribution in [3.05, 3.63) is 16.7 Å². The second-order valence-electron chi connectivity index (χ2n) is 5.46. The molecule has 10 heteroatoms. The van der Waals surface area contributed by atoms with E-state index >= 15 is 0 Å². The van der Waals surface area contributed by atoms with Gasteiger partial charge in [-0.05, 0) is 5.46 Å². The lowest BCUT2D eigenvalue weighted by molar-refractivity contribution is -0.138. The Kier molecular flexibility index (Phi) is 4.66. The van der Waals surface area contributed by atoms with E-state index in [1.54, 1.807) is 21.8 Å². The first kappa shape index (κ1) is 16.7. The monoisotopic (exact) mass is 290 g/mol. The third-order valence-corrected chi connectivity index (χ3v) is 4.19. The van der Waals surface area contributed by atoms with Gasteiger partial charge in [0, 0.05) is 21.5 Å². The molecule has 0 heterocycles.